The first-order chi connectivity index (χ1) is 5.15. The van der Waals surface area contributed by atoms with Gasteiger partial charge in [0.05, 0.1) is 12.3 Å². The molecule has 4 heteroatoms. The molecule has 0 bridgehead atoms. The summed E-state index contributed by atoms with van der Waals surface area (Å²) in [6.07, 6.45) is 0. The van der Waals surface area contributed by atoms with Crippen molar-refractivity contribution in [2.24, 2.45) is 0 Å². The highest BCUT2D eigenvalue weighted by molar-refractivity contribution is 5.42. The topological polar surface area (TPSA) is 46.2 Å². The molecule has 1 rings (SSSR count). The van der Waals surface area contributed by atoms with Gasteiger partial charge in [-0.05, 0) is 17.7 Å². The summed E-state index contributed by atoms with van der Waals surface area (Å²) in [5.41, 5.74) is 5.05. The van der Waals surface area contributed by atoms with Crippen LogP contribution in [0.15, 0.2) is 12.1 Å². The van der Waals surface area contributed by atoms with Gasteiger partial charge in [-0.3, -0.25) is 0 Å². The maximum atomic E-state index is 12.5. The van der Waals surface area contributed by atoms with E-state index in [1.165, 1.54) is 6.07 Å². The van der Waals surface area contributed by atoms with Crippen molar-refractivity contribution in [1.29, 1.82) is 0 Å². The molecule has 60 valence electrons. The van der Waals surface area contributed by atoms with E-state index in [2.05, 4.69) is 0 Å². The molecule has 0 amide bonds. The summed E-state index contributed by atoms with van der Waals surface area (Å²) in [4.78, 5) is 0. The second kappa shape index (κ2) is 2.84. The zero-order valence-corrected chi connectivity index (χ0v) is 5.64. The third kappa shape index (κ3) is 1.46. The lowest BCUT2D eigenvalue weighted by atomic mass is 10.2. The number of aliphatic hydroxyl groups is 1. The van der Waals surface area contributed by atoms with Gasteiger partial charge >= 0.3 is 0 Å². The lowest BCUT2D eigenvalue weighted by Gasteiger charge is -2.00. The molecule has 0 aliphatic carbocycles. The summed E-state index contributed by atoms with van der Waals surface area (Å²) in [5, 5.41) is 8.53. The first-order valence-electron chi connectivity index (χ1n) is 2.99. The molecule has 0 spiro atoms. The van der Waals surface area contributed by atoms with E-state index < -0.39 is 11.6 Å². The predicted octanol–water partition coefficient (Wildman–Crippen LogP) is 1.04. The Morgan fingerprint density at radius 3 is 2.45 bits per heavy atom. The summed E-state index contributed by atoms with van der Waals surface area (Å²) in [7, 11) is 0. The molecule has 1 aromatic rings. The van der Waals surface area contributed by atoms with Crippen LogP contribution < -0.4 is 5.73 Å². The Morgan fingerprint density at radius 1 is 1.36 bits per heavy atom. The van der Waals surface area contributed by atoms with Crippen LogP contribution in [-0.2, 0) is 6.61 Å². The molecule has 11 heavy (non-hydrogen) atoms. The molecule has 0 unspecified atom stereocenters. The minimum atomic E-state index is -1.07. The number of hydrogen-bond acceptors (Lipinski definition) is 2. The van der Waals surface area contributed by atoms with Gasteiger partial charge in [0.1, 0.15) is 0 Å². The van der Waals surface area contributed by atoms with Crippen LogP contribution in [0.2, 0.25) is 0 Å². The quantitative estimate of drug-likeness (QED) is 0.601. The van der Waals surface area contributed by atoms with Crippen LogP contribution in [0, 0.1) is 11.6 Å². The van der Waals surface area contributed by atoms with Gasteiger partial charge in [0, 0.05) is 0 Å². The summed E-state index contributed by atoms with van der Waals surface area (Å²) in [6.45, 7) is -0.346. The zero-order chi connectivity index (χ0) is 8.43. The largest absolute Gasteiger partial charge is 0.396 e. The van der Waals surface area contributed by atoms with E-state index >= 15 is 0 Å². The maximum absolute atomic E-state index is 12.5. The van der Waals surface area contributed by atoms with Gasteiger partial charge < -0.3 is 10.8 Å². The zero-order valence-electron chi connectivity index (χ0n) is 5.64. The second-order valence-corrected chi connectivity index (χ2v) is 2.14. The number of hydrogen-bond donors (Lipinski definition) is 2. The van der Waals surface area contributed by atoms with Crippen molar-refractivity contribution >= 4 is 5.69 Å². The molecule has 0 aliphatic rings. The fourth-order valence-corrected chi connectivity index (χ4v) is 0.760. The Hall–Kier alpha value is -1.16. The first-order valence-corrected chi connectivity index (χ1v) is 2.99. The Morgan fingerprint density at radius 2 is 2.00 bits per heavy atom. The molecule has 0 heterocycles. The fraction of sp³-hybridized carbons (Fsp3) is 0.143. The third-order valence-electron chi connectivity index (χ3n) is 1.30. The molecule has 1 aromatic carbocycles. The molecule has 0 radical (unpaired) electrons. The highest BCUT2D eigenvalue weighted by atomic mass is 19.2. The third-order valence-corrected chi connectivity index (χ3v) is 1.30. The van der Waals surface area contributed by atoms with Crippen molar-refractivity contribution in [2.75, 3.05) is 5.73 Å². The molecule has 0 atom stereocenters. The molecule has 3 N–H and O–H groups in total. The van der Waals surface area contributed by atoms with Crippen LogP contribution >= 0.6 is 0 Å². The summed E-state index contributed by atoms with van der Waals surface area (Å²) in [5.74, 6) is -2.10. The van der Waals surface area contributed by atoms with Crippen molar-refractivity contribution < 1.29 is 13.9 Å². The van der Waals surface area contributed by atoms with E-state index in [9.17, 15) is 8.78 Å². The van der Waals surface area contributed by atoms with E-state index in [1.807, 2.05) is 0 Å². The fourth-order valence-electron chi connectivity index (χ4n) is 0.760. The van der Waals surface area contributed by atoms with E-state index in [4.69, 9.17) is 10.8 Å². The minimum absolute atomic E-state index is 0.265. The van der Waals surface area contributed by atoms with E-state index in [1.54, 1.807) is 0 Å². The van der Waals surface area contributed by atoms with Crippen molar-refractivity contribution in [2.45, 2.75) is 6.61 Å². The number of anilines is 1. The molecule has 0 saturated carbocycles. The average Bonchev–Trinajstić information content (AvgIpc) is 1.99. The molecule has 0 aromatic heterocycles. The minimum Gasteiger partial charge on any atom is -0.396 e. The Kier molecular flexibility index (Phi) is 2.05. The highest BCUT2D eigenvalue weighted by Crippen LogP contribution is 2.16. The number of rotatable bonds is 1. The van der Waals surface area contributed by atoms with Crippen LogP contribution in [0.5, 0.6) is 0 Å². The van der Waals surface area contributed by atoms with E-state index in [0.717, 1.165) is 6.07 Å². The molecule has 0 saturated heterocycles. The Labute approximate surface area is 62.3 Å². The Balaban J connectivity index is 3.21. The highest BCUT2D eigenvalue weighted by Gasteiger charge is 2.06. The van der Waals surface area contributed by atoms with Gasteiger partial charge in [0.15, 0.2) is 11.6 Å². The SMILES string of the molecule is Nc1cc(CO)cc(F)c1F. The van der Waals surface area contributed by atoms with Crippen LogP contribution in [0.1, 0.15) is 5.56 Å². The summed E-state index contributed by atoms with van der Waals surface area (Å²) < 4.78 is 24.9. The lowest BCUT2D eigenvalue weighted by molar-refractivity contribution is 0.281. The van der Waals surface area contributed by atoms with Gasteiger partial charge in [-0.25, -0.2) is 8.78 Å². The van der Waals surface area contributed by atoms with Crippen LogP contribution in [-0.4, -0.2) is 5.11 Å². The number of halogens is 2. The summed E-state index contributed by atoms with van der Waals surface area (Å²) >= 11 is 0. The number of aliphatic hydroxyl groups excluding tert-OH is 1. The smallest absolute Gasteiger partial charge is 0.181 e. The lowest BCUT2D eigenvalue weighted by Crippen LogP contribution is -1.97. The molecule has 0 aliphatic heterocycles. The predicted molar refractivity (Wildman–Crippen MR) is 36.7 cm³/mol. The van der Waals surface area contributed by atoms with Gasteiger partial charge in [-0.2, -0.15) is 0 Å². The molecular weight excluding hydrogens is 152 g/mol. The molecular formula is C7H7F2NO. The van der Waals surface area contributed by atoms with Gasteiger partial charge in [-0.1, -0.05) is 0 Å². The second-order valence-electron chi connectivity index (χ2n) is 2.14. The average molecular weight is 159 g/mol. The van der Waals surface area contributed by atoms with Crippen LogP contribution in [0.25, 0.3) is 0 Å². The van der Waals surface area contributed by atoms with E-state index in [-0.39, 0.29) is 17.9 Å². The van der Waals surface area contributed by atoms with Gasteiger partial charge in [0.25, 0.3) is 0 Å². The number of nitrogens with two attached hydrogens (primary N) is 1. The standard InChI is InChI=1S/C7H7F2NO/c8-5-1-4(3-11)2-6(10)7(5)9/h1-2,11H,3,10H2. The first kappa shape index (κ1) is 7.94. The molecule has 2 nitrogen and oxygen atoms in total. The van der Waals surface area contributed by atoms with E-state index in [0.29, 0.717) is 0 Å². The summed E-state index contributed by atoms with van der Waals surface area (Å²) in [6, 6.07) is 2.10. The van der Waals surface area contributed by atoms with Crippen molar-refractivity contribution in [1.82, 2.24) is 0 Å². The normalized spacial score (nSPS) is 10.1. The van der Waals surface area contributed by atoms with Gasteiger partial charge in [0.2, 0.25) is 0 Å². The van der Waals surface area contributed by atoms with Crippen molar-refractivity contribution in [3.05, 3.63) is 29.3 Å². The van der Waals surface area contributed by atoms with Crippen molar-refractivity contribution in [3.8, 4) is 0 Å². The monoisotopic (exact) mass is 159 g/mol. The van der Waals surface area contributed by atoms with Gasteiger partial charge in [-0.15, -0.1) is 0 Å². The van der Waals surface area contributed by atoms with Crippen molar-refractivity contribution in [3.63, 3.8) is 0 Å². The van der Waals surface area contributed by atoms with Crippen LogP contribution in [0.4, 0.5) is 14.5 Å². The Bertz CT molecular complexity index is 252. The maximum Gasteiger partial charge on any atom is 0.181 e. The van der Waals surface area contributed by atoms with Crippen LogP contribution in [0.3, 0.4) is 0 Å². The molecule has 0 fully saturated rings. The number of benzene rings is 1. The number of nitrogen functional groups attached to an aromatic ring is 1.